The molecule has 0 heterocycles. The van der Waals surface area contributed by atoms with Crippen molar-refractivity contribution in [1.82, 2.24) is 5.32 Å². The van der Waals surface area contributed by atoms with Gasteiger partial charge >= 0.3 is 5.97 Å². The molecule has 0 bridgehead atoms. The van der Waals surface area contributed by atoms with Crippen molar-refractivity contribution in [3.63, 3.8) is 0 Å². The topological polar surface area (TPSA) is 55.4 Å². The van der Waals surface area contributed by atoms with Crippen LogP contribution < -0.4 is 5.32 Å². The maximum atomic E-state index is 11.7. The Kier molecular flexibility index (Phi) is 5.36. The molecule has 98 valence electrons. The molecule has 0 aliphatic heterocycles. The Morgan fingerprint density at radius 1 is 1.22 bits per heavy atom. The van der Waals surface area contributed by atoms with E-state index in [9.17, 15) is 9.59 Å². The van der Waals surface area contributed by atoms with Crippen molar-refractivity contribution in [2.24, 2.45) is 0 Å². The first kappa shape index (κ1) is 14.2. The third kappa shape index (κ3) is 4.57. The molecule has 0 aromatic heterocycles. The van der Waals surface area contributed by atoms with Crippen LogP contribution in [0.1, 0.15) is 34.8 Å². The van der Waals surface area contributed by atoms with Gasteiger partial charge in [-0.05, 0) is 43.5 Å². The first-order chi connectivity index (χ1) is 8.50. The van der Waals surface area contributed by atoms with Gasteiger partial charge in [-0.1, -0.05) is 6.07 Å². The van der Waals surface area contributed by atoms with E-state index in [-0.39, 0.29) is 11.9 Å². The van der Waals surface area contributed by atoms with Crippen molar-refractivity contribution in [2.75, 3.05) is 13.2 Å². The van der Waals surface area contributed by atoms with Crippen LogP contribution in [0.25, 0.3) is 0 Å². The maximum Gasteiger partial charge on any atom is 0.338 e. The second kappa shape index (κ2) is 6.79. The molecule has 0 saturated carbocycles. The monoisotopic (exact) mass is 249 g/mol. The number of carbonyl (C=O) groups is 2. The second-order valence-corrected chi connectivity index (χ2v) is 4.27. The van der Waals surface area contributed by atoms with Crippen LogP contribution in [0.15, 0.2) is 18.2 Å². The fourth-order valence-electron chi connectivity index (χ4n) is 1.45. The predicted molar refractivity (Wildman–Crippen MR) is 69.5 cm³/mol. The molecule has 1 N–H and O–H groups in total. The van der Waals surface area contributed by atoms with Gasteiger partial charge in [0.25, 0.3) is 0 Å². The van der Waals surface area contributed by atoms with Crippen LogP contribution in [-0.2, 0) is 9.53 Å². The standard InChI is InChI=1S/C14H19NO3/c1-10-5-6-13(9-11(10)2)14(17)18-8-4-7-15-12(3)16/h5-6,9H,4,7-8H2,1-3H3,(H,15,16). The molecule has 0 unspecified atom stereocenters. The van der Waals surface area contributed by atoms with Crippen molar-refractivity contribution >= 4 is 11.9 Å². The summed E-state index contributed by atoms with van der Waals surface area (Å²) in [5.41, 5.74) is 2.79. The lowest BCUT2D eigenvalue weighted by molar-refractivity contribution is -0.118. The lowest BCUT2D eigenvalue weighted by atomic mass is 10.1. The smallest absolute Gasteiger partial charge is 0.338 e. The first-order valence-corrected chi connectivity index (χ1v) is 5.99. The minimum Gasteiger partial charge on any atom is -0.462 e. The van der Waals surface area contributed by atoms with Crippen LogP contribution in [0.5, 0.6) is 0 Å². The van der Waals surface area contributed by atoms with Crippen LogP contribution in [0.4, 0.5) is 0 Å². The largest absolute Gasteiger partial charge is 0.462 e. The Labute approximate surface area is 107 Å². The van der Waals surface area contributed by atoms with Gasteiger partial charge in [-0.25, -0.2) is 4.79 Å². The average Bonchev–Trinajstić information content (AvgIpc) is 2.31. The summed E-state index contributed by atoms with van der Waals surface area (Å²) < 4.78 is 5.11. The number of amides is 1. The summed E-state index contributed by atoms with van der Waals surface area (Å²) in [6.45, 7) is 6.25. The van der Waals surface area contributed by atoms with E-state index in [1.54, 1.807) is 6.07 Å². The molecule has 4 heteroatoms. The highest BCUT2D eigenvalue weighted by Crippen LogP contribution is 2.10. The number of ether oxygens (including phenoxy) is 1. The minimum absolute atomic E-state index is 0.0736. The van der Waals surface area contributed by atoms with Gasteiger partial charge in [-0.2, -0.15) is 0 Å². The van der Waals surface area contributed by atoms with E-state index in [4.69, 9.17) is 4.74 Å². The molecule has 1 rings (SSSR count). The van der Waals surface area contributed by atoms with E-state index in [0.717, 1.165) is 11.1 Å². The van der Waals surface area contributed by atoms with E-state index in [1.807, 2.05) is 26.0 Å². The Morgan fingerprint density at radius 2 is 1.94 bits per heavy atom. The molecule has 4 nitrogen and oxygen atoms in total. The summed E-state index contributed by atoms with van der Waals surface area (Å²) in [5, 5.41) is 2.65. The fraction of sp³-hybridized carbons (Fsp3) is 0.429. The number of rotatable bonds is 5. The molecule has 18 heavy (non-hydrogen) atoms. The molecule has 0 saturated heterocycles. The molecule has 0 aliphatic carbocycles. The third-order valence-electron chi connectivity index (χ3n) is 2.67. The molecular formula is C14H19NO3. The van der Waals surface area contributed by atoms with Crippen LogP contribution >= 0.6 is 0 Å². The fourth-order valence-corrected chi connectivity index (χ4v) is 1.45. The Bertz CT molecular complexity index is 441. The maximum absolute atomic E-state index is 11.7. The number of hydrogen-bond acceptors (Lipinski definition) is 3. The molecule has 0 spiro atoms. The van der Waals surface area contributed by atoms with Crippen molar-refractivity contribution in [3.8, 4) is 0 Å². The normalized spacial score (nSPS) is 9.94. The van der Waals surface area contributed by atoms with Gasteiger partial charge < -0.3 is 10.1 Å². The van der Waals surface area contributed by atoms with E-state index < -0.39 is 0 Å². The van der Waals surface area contributed by atoms with Gasteiger partial charge in [0.2, 0.25) is 5.91 Å². The number of hydrogen-bond donors (Lipinski definition) is 1. The van der Waals surface area contributed by atoms with Crippen molar-refractivity contribution in [2.45, 2.75) is 27.2 Å². The number of benzene rings is 1. The highest BCUT2D eigenvalue weighted by Gasteiger charge is 2.07. The zero-order valence-electron chi connectivity index (χ0n) is 11.1. The summed E-state index contributed by atoms with van der Waals surface area (Å²) in [7, 11) is 0. The van der Waals surface area contributed by atoms with Crippen molar-refractivity contribution in [1.29, 1.82) is 0 Å². The third-order valence-corrected chi connectivity index (χ3v) is 2.67. The molecular weight excluding hydrogens is 230 g/mol. The molecule has 0 atom stereocenters. The number of nitrogens with one attached hydrogen (secondary N) is 1. The first-order valence-electron chi connectivity index (χ1n) is 5.99. The van der Waals surface area contributed by atoms with Crippen molar-refractivity contribution < 1.29 is 14.3 Å². The molecule has 0 aliphatic rings. The van der Waals surface area contributed by atoms with Gasteiger partial charge in [0.05, 0.1) is 12.2 Å². The van der Waals surface area contributed by atoms with Gasteiger partial charge in [0, 0.05) is 13.5 Å². The average molecular weight is 249 g/mol. The van der Waals surface area contributed by atoms with Crippen LogP contribution in [-0.4, -0.2) is 25.0 Å². The predicted octanol–water partition coefficient (Wildman–Crippen LogP) is 1.99. The quantitative estimate of drug-likeness (QED) is 0.641. The summed E-state index contributed by atoms with van der Waals surface area (Å²) in [6.07, 6.45) is 0.621. The highest BCUT2D eigenvalue weighted by atomic mass is 16.5. The molecule has 1 amide bonds. The second-order valence-electron chi connectivity index (χ2n) is 4.27. The van der Waals surface area contributed by atoms with E-state index in [0.29, 0.717) is 25.1 Å². The minimum atomic E-state index is -0.319. The number of aryl methyl sites for hydroxylation is 2. The lowest BCUT2D eigenvalue weighted by Gasteiger charge is -2.07. The zero-order valence-corrected chi connectivity index (χ0v) is 11.1. The molecule has 1 aromatic rings. The van der Waals surface area contributed by atoms with E-state index in [2.05, 4.69) is 5.32 Å². The van der Waals surface area contributed by atoms with Crippen LogP contribution in [0.2, 0.25) is 0 Å². The SMILES string of the molecule is CC(=O)NCCCOC(=O)c1ccc(C)c(C)c1. The number of carbonyl (C=O) groups excluding carboxylic acids is 2. The Hall–Kier alpha value is -1.84. The van der Waals surface area contributed by atoms with Gasteiger partial charge in [-0.15, -0.1) is 0 Å². The zero-order chi connectivity index (χ0) is 13.5. The van der Waals surface area contributed by atoms with Gasteiger partial charge in [0.15, 0.2) is 0 Å². The van der Waals surface area contributed by atoms with Crippen molar-refractivity contribution in [3.05, 3.63) is 34.9 Å². The number of esters is 1. The van der Waals surface area contributed by atoms with Crippen LogP contribution in [0.3, 0.4) is 0 Å². The van der Waals surface area contributed by atoms with E-state index in [1.165, 1.54) is 6.92 Å². The molecule has 1 aromatic carbocycles. The van der Waals surface area contributed by atoms with Gasteiger partial charge in [-0.3, -0.25) is 4.79 Å². The summed E-state index contributed by atoms with van der Waals surface area (Å²) in [6, 6.07) is 5.49. The van der Waals surface area contributed by atoms with E-state index >= 15 is 0 Å². The Morgan fingerprint density at radius 3 is 2.56 bits per heavy atom. The van der Waals surface area contributed by atoms with Crippen LogP contribution in [0, 0.1) is 13.8 Å². The molecule has 0 radical (unpaired) electrons. The molecule has 0 fully saturated rings. The highest BCUT2D eigenvalue weighted by molar-refractivity contribution is 5.89. The summed E-state index contributed by atoms with van der Waals surface area (Å²) >= 11 is 0. The van der Waals surface area contributed by atoms with Gasteiger partial charge in [0.1, 0.15) is 0 Å². The Balaban J connectivity index is 2.36. The summed E-state index contributed by atoms with van der Waals surface area (Å²) in [5.74, 6) is -0.392. The summed E-state index contributed by atoms with van der Waals surface area (Å²) in [4.78, 5) is 22.3. The lowest BCUT2D eigenvalue weighted by Crippen LogP contribution is -2.22.